The average Bonchev–Trinajstić information content (AvgIpc) is 3.45. The molecule has 2 amide bonds. The quantitative estimate of drug-likeness (QED) is 0.395. The number of hydrogen-bond acceptors (Lipinski definition) is 5. The largest absolute Gasteiger partial charge is 0.493 e. The number of benzene rings is 2. The zero-order chi connectivity index (χ0) is 24.1. The predicted octanol–water partition coefficient (Wildman–Crippen LogP) is 5.12. The smallest absolute Gasteiger partial charge is 0.278 e. The molecule has 0 spiro atoms. The summed E-state index contributed by atoms with van der Waals surface area (Å²) < 4.78 is 11.2. The molecule has 0 radical (unpaired) electrons. The zero-order valence-electron chi connectivity index (χ0n) is 19.9. The van der Waals surface area contributed by atoms with Gasteiger partial charge in [0.05, 0.1) is 25.0 Å². The Labute approximate surface area is 200 Å². The first kappa shape index (κ1) is 23.4. The van der Waals surface area contributed by atoms with E-state index in [1.54, 1.807) is 18.4 Å². The van der Waals surface area contributed by atoms with E-state index in [2.05, 4.69) is 13.8 Å². The van der Waals surface area contributed by atoms with Crippen LogP contribution in [-0.4, -0.2) is 34.8 Å². The minimum Gasteiger partial charge on any atom is -0.493 e. The van der Waals surface area contributed by atoms with E-state index in [-0.39, 0.29) is 18.4 Å². The van der Waals surface area contributed by atoms with Crippen molar-refractivity contribution in [2.75, 3.05) is 13.2 Å². The van der Waals surface area contributed by atoms with Gasteiger partial charge in [0.25, 0.3) is 11.8 Å². The number of imide groups is 1. The molecule has 0 bridgehead atoms. The molecule has 4 rings (SSSR count). The molecule has 0 atom stereocenters. The van der Waals surface area contributed by atoms with Gasteiger partial charge in [-0.25, -0.2) is 0 Å². The van der Waals surface area contributed by atoms with Crippen molar-refractivity contribution < 1.29 is 18.7 Å². The summed E-state index contributed by atoms with van der Waals surface area (Å²) in [5.41, 5.74) is 2.58. The number of rotatable bonds is 10. The third-order valence-corrected chi connectivity index (χ3v) is 5.68. The fourth-order valence-corrected chi connectivity index (χ4v) is 3.95. The van der Waals surface area contributed by atoms with Gasteiger partial charge in [0, 0.05) is 13.1 Å². The second kappa shape index (κ2) is 10.4. The molecule has 2 heterocycles. The van der Waals surface area contributed by atoms with E-state index < -0.39 is 0 Å². The van der Waals surface area contributed by atoms with E-state index in [0.29, 0.717) is 48.2 Å². The summed E-state index contributed by atoms with van der Waals surface area (Å²) in [7, 11) is 0. The molecule has 0 unspecified atom stereocenters. The number of hydrogen-bond donors (Lipinski definition) is 0. The summed E-state index contributed by atoms with van der Waals surface area (Å²) in [6, 6.07) is 20.9. The van der Waals surface area contributed by atoms with E-state index in [1.165, 1.54) is 4.90 Å². The monoisotopic (exact) mass is 458 g/mol. The molecule has 0 saturated carbocycles. The lowest BCUT2D eigenvalue weighted by atomic mass is 10.0. The van der Waals surface area contributed by atoms with E-state index in [0.717, 1.165) is 11.3 Å². The maximum absolute atomic E-state index is 13.6. The van der Waals surface area contributed by atoms with Gasteiger partial charge in [0.2, 0.25) is 0 Å². The molecule has 0 aliphatic carbocycles. The molecule has 2 aromatic carbocycles. The lowest BCUT2D eigenvalue weighted by molar-refractivity contribution is -0.138. The van der Waals surface area contributed by atoms with Crippen LogP contribution in [0, 0.1) is 5.92 Å². The van der Waals surface area contributed by atoms with Crippen LogP contribution in [-0.2, 0) is 22.7 Å². The SMILES string of the molecule is CCN(Cc1ccccc1)C1=C(c2ccc(OCC(C)C)cc2)C(=O)N(Cc2ccco2)C1=O. The lowest BCUT2D eigenvalue weighted by Gasteiger charge is -2.25. The maximum atomic E-state index is 13.6. The highest BCUT2D eigenvalue weighted by Crippen LogP contribution is 2.34. The predicted molar refractivity (Wildman–Crippen MR) is 130 cm³/mol. The van der Waals surface area contributed by atoms with Crippen molar-refractivity contribution >= 4 is 17.4 Å². The van der Waals surface area contributed by atoms with Crippen molar-refractivity contribution in [3.8, 4) is 5.75 Å². The zero-order valence-corrected chi connectivity index (χ0v) is 19.9. The number of ether oxygens (including phenoxy) is 1. The van der Waals surface area contributed by atoms with Gasteiger partial charge < -0.3 is 14.1 Å². The van der Waals surface area contributed by atoms with Crippen LogP contribution in [0.5, 0.6) is 5.75 Å². The van der Waals surface area contributed by atoms with Crippen molar-refractivity contribution in [3.05, 3.63) is 95.6 Å². The van der Waals surface area contributed by atoms with Crippen molar-refractivity contribution in [1.29, 1.82) is 0 Å². The molecular formula is C28H30N2O4. The molecular weight excluding hydrogens is 428 g/mol. The third kappa shape index (κ3) is 5.06. The fourth-order valence-electron chi connectivity index (χ4n) is 3.95. The van der Waals surface area contributed by atoms with Gasteiger partial charge in [-0.05, 0) is 48.2 Å². The molecule has 6 heteroatoms. The molecule has 6 nitrogen and oxygen atoms in total. The molecule has 1 aromatic heterocycles. The average molecular weight is 459 g/mol. The van der Waals surface area contributed by atoms with Crippen LogP contribution >= 0.6 is 0 Å². The Kier molecular flexibility index (Phi) is 7.16. The molecule has 1 aliphatic rings. The molecule has 34 heavy (non-hydrogen) atoms. The number of furan rings is 1. The Morgan fingerprint density at radius 3 is 2.29 bits per heavy atom. The van der Waals surface area contributed by atoms with Crippen molar-refractivity contribution in [3.63, 3.8) is 0 Å². The fraction of sp³-hybridized carbons (Fsp3) is 0.286. The van der Waals surface area contributed by atoms with Gasteiger partial charge >= 0.3 is 0 Å². The van der Waals surface area contributed by atoms with Crippen molar-refractivity contribution in [2.24, 2.45) is 5.92 Å². The van der Waals surface area contributed by atoms with Crippen LogP contribution in [0.15, 0.2) is 83.1 Å². The second-order valence-corrected chi connectivity index (χ2v) is 8.73. The van der Waals surface area contributed by atoms with E-state index in [1.807, 2.05) is 66.4 Å². The van der Waals surface area contributed by atoms with Gasteiger partial charge in [-0.1, -0.05) is 56.3 Å². The molecule has 0 saturated heterocycles. The van der Waals surface area contributed by atoms with E-state index >= 15 is 0 Å². The number of amides is 2. The van der Waals surface area contributed by atoms with Gasteiger partial charge in [-0.2, -0.15) is 0 Å². The van der Waals surface area contributed by atoms with Crippen LogP contribution in [0.2, 0.25) is 0 Å². The topological polar surface area (TPSA) is 63.0 Å². The van der Waals surface area contributed by atoms with Crippen LogP contribution in [0.25, 0.3) is 5.57 Å². The van der Waals surface area contributed by atoms with Crippen LogP contribution < -0.4 is 4.74 Å². The van der Waals surface area contributed by atoms with Gasteiger partial charge in [-0.15, -0.1) is 0 Å². The van der Waals surface area contributed by atoms with Crippen LogP contribution in [0.4, 0.5) is 0 Å². The summed E-state index contributed by atoms with van der Waals surface area (Å²) in [6.07, 6.45) is 1.54. The number of carbonyl (C=O) groups excluding carboxylic acids is 2. The molecule has 3 aromatic rings. The van der Waals surface area contributed by atoms with E-state index in [4.69, 9.17) is 9.15 Å². The van der Waals surface area contributed by atoms with Gasteiger partial charge in [-0.3, -0.25) is 14.5 Å². The maximum Gasteiger partial charge on any atom is 0.278 e. The van der Waals surface area contributed by atoms with Crippen molar-refractivity contribution in [1.82, 2.24) is 9.80 Å². The first-order valence-corrected chi connectivity index (χ1v) is 11.6. The normalized spacial score (nSPS) is 13.8. The number of likely N-dealkylation sites (N-methyl/N-ethyl adjacent to an activating group) is 1. The Morgan fingerprint density at radius 2 is 1.68 bits per heavy atom. The Morgan fingerprint density at radius 1 is 0.941 bits per heavy atom. The second-order valence-electron chi connectivity index (χ2n) is 8.73. The summed E-state index contributed by atoms with van der Waals surface area (Å²) in [5.74, 6) is 1.08. The molecule has 1 aliphatic heterocycles. The summed E-state index contributed by atoms with van der Waals surface area (Å²) >= 11 is 0. The van der Waals surface area contributed by atoms with Gasteiger partial charge in [0.1, 0.15) is 17.2 Å². The summed E-state index contributed by atoms with van der Waals surface area (Å²) in [6.45, 7) is 7.99. The van der Waals surface area contributed by atoms with Crippen LogP contribution in [0.3, 0.4) is 0 Å². The summed E-state index contributed by atoms with van der Waals surface area (Å²) in [4.78, 5) is 30.4. The Hall–Kier alpha value is -3.80. The van der Waals surface area contributed by atoms with Crippen LogP contribution in [0.1, 0.15) is 37.7 Å². The number of nitrogens with zero attached hydrogens (tertiary/aromatic N) is 2. The molecule has 0 fully saturated rings. The number of carbonyl (C=O) groups is 2. The standard InChI is InChI=1S/C28H30N2O4/c1-4-29(17-21-9-6-5-7-10-21)26-25(22-12-14-23(15-13-22)34-19-20(2)3)27(31)30(28(26)32)18-24-11-8-16-33-24/h5-16,20H,4,17-19H2,1-3H3. The lowest BCUT2D eigenvalue weighted by Crippen LogP contribution is -2.34. The Bertz CT molecular complexity index is 1150. The first-order chi connectivity index (χ1) is 16.5. The minimum atomic E-state index is -0.321. The van der Waals surface area contributed by atoms with E-state index in [9.17, 15) is 9.59 Å². The highest BCUT2D eigenvalue weighted by molar-refractivity contribution is 6.35. The summed E-state index contributed by atoms with van der Waals surface area (Å²) in [5, 5.41) is 0. The van der Waals surface area contributed by atoms with Crippen molar-refractivity contribution in [2.45, 2.75) is 33.9 Å². The molecule has 176 valence electrons. The highest BCUT2D eigenvalue weighted by Gasteiger charge is 2.41. The van der Waals surface area contributed by atoms with Gasteiger partial charge in [0.15, 0.2) is 0 Å². The minimum absolute atomic E-state index is 0.0934. The third-order valence-electron chi connectivity index (χ3n) is 5.68. The highest BCUT2D eigenvalue weighted by atomic mass is 16.5. The molecule has 0 N–H and O–H groups in total. The first-order valence-electron chi connectivity index (χ1n) is 11.6. The Balaban J connectivity index is 1.70.